The van der Waals surface area contributed by atoms with E-state index >= 15 is 0 Å². The molecule has 0 spiro atoms. The summed E-state index contributed by atoms with van der Waals surface area (Å²) in [7, 11) is 0. The van der Waals surface area contributed by atoms with E-state index < -0.39 is 55.0 Å². The molecule has 1 aromatic carbocycles. The minimum atomic E-state index is -1.61. The van der Waals surface area contributed by atoms with Crippen molar-refractivity contribution in [2.45, 2.75) is 75.5 Å². The standard InChI is InChI=1S/C20H28O10/c1-20(2,27)13-7-10-11(28-13)5-3-9(4-6-14(22)23)18(10)30-19-17(26)16(25)15(24)12(8-21)29-19/h3,5,12-13,15-17,19,21,24-27H,4,6-8H2,1-2H3,(H,22,23). The van der Waals surface area contributed by atoms with Crippen molar-refractivity contribution in [1.82, 2.24) is 0 Å². The van der Waals surface area contributed by atoms with E-state index in [0.29, 0.717) is 16.9 Å². The SMILES string of the molecule is CC(C)(O)C1Cc2c(ccc(CCC(=O)O)c2OC2OC(CO)C(O)C(O)C2O)O1. The van der Waals surface area contributed by atoms with E-state index in [1.54, 1.807) is 26.0 Å². The second-order valence-corrected chi connectivity index (χ2v) is 8.20. The first-order valence-corrected chi connectivity index (χ1v) is 9.75. The Hall–Kier alpha value is -1.95. The van der Waals surface area contributed by atoms with Crippen molar-refractivity contribution in [2.75, 3.05) is 6.61 Å². The molecule has 1 saturated heterocycles. The first-order valence-electron chi connectivity index (χ1n) is 9.75. The van der Waals surface area contributed by atoms with Gasteiger partial charge in [-0.1, -0.05) is 6.07 Å². The molecule has 0 saturated carbocycles. The maximum atomic E-state index is 11.1. The van der Waals surface area contributed by atoms with Gasteiger partial charge in [0.25, 0.3) is 0 Å². The summed E-state index contributed by atoms with van der Waals surface area (Å²) >= 11 is 0. The number of hydrogen-bond acceptors (Lipinski definition) is 9. The fourth-order valence-corrected chi connectivity index (χ4v) is 3.60. The van der Waals surface area contributed by atoms with Crippen LogP contribution in [-0.2, 0) is 22.4 Å². The van der Waals surface area contributed by atoms with Gasteiger partial charge in [-0.15, -0.1) is 0 Å². The number of carbonyl (C=O) groups is 1. The number of fused-ring (bicyclic) bond motifs is 1. The lowest BCUT2D eigenvalue weighted by molar-refractivity contribution is -0.277. The Labute approximate surface area is 173 Å². The Morgan fingerprint density at radius 1 is 1.20 bits per heavy atom. The second-order valence-electron chi connectivity index (χ2n) is 8.20. The number of hydrogen-bond donors (Lipinski definition) is 6. The third-order valence-corrected chi connectivity index (χ3v) is 5.44. The third kappa shape index (κ3) is 4.53. The lowest BCUT2D eigenvalue weighted by Gasteiger charge is -2.40. The highest BCUT2D eigenvalue weighted by Crippen LogP contribution is 2.42. The van der Waals surface area contributed by atoms with Crippen LogP contribution in [0.5, 0.6) is 11.5 Å². The molecule has 168 valence electrons. The second kappa shape index (κ2) is 8.66. The molecule has 2 heterocycles. The van der Waals surface area contributed by atoms with Crippen LogP contribution < -0.4 is 9.47 Å². The number of aliphatic carboxylic acids is 1. The predicted molar refractivity (Wildman–Crippen MR) is 101 cm³/mol. The molecule has 10 nitrogen and oxygen atoms in total. The molecule has 0 aromatic heterocycles. The first kappa shape index (κ1) is 22.7. The summed E-state index contributed by atoms with van der Waals surface area (Å²) < 4.78 is 17.1. The number of aryl methyl sites for hydroxylation is 1. The molecule has 2 aliphatic heterocycles. The molecule has 3 rings (SSSR count). The Balaban J connectivity index is 1.94. The van der Waals surface area contributed by atoms with E-state index in [-0.39, 0.29) is 25.0 Å². The molecule has 0 aliphatic carbocycles. The molecule has 1 fully saturated rings. The number of ether oxygens (including phenoxy) is 3. The van der Waals surface area contributed by atoms with Gasteiger partial charge >= 0.3 is 5.97 Å². The van der Waals surface area contributed by atoms with Crippen molar-refractivity contribution in [3.8, 4) is 11.5 Å². The maximum absolute atomic E-state index is 11.1. The summed E-state index contributed by atoms with van der Waals surface area (Å²) in [5.74, 6) is -0.328. The molecule has 6 N–H and O–H groups in total. The zero-order valence-electron chi connectivity index (χ0n) is 16.8. The number of aliphatic hydroxyl groups excluding tert-OH is 4. The van der Waals surface area contributed by atoms with Gasteiger partial charge in [0.05, 0.1) is 12.2 Å². The molecule has 0 radical (unpaired) electrons. The van der Waals surface area contributed by atoms with Gasteiger partial charge in [-0.3, -0.25) is 4.79 Å². The van der Waals surface area contributed by atoms with Crippen molar-refractivity contribution < 1.29 is 49.6 Å². The highest BCUT2D eigenvalue weighted by molar-refractivity contribution is 5.67. The van der Waals surface area contributed by atoms with E-state index in [1.165, 1.54) is 0 Å². The van der Waals surface area contributed by atoms with Gasteiger partial charge in [0.15, 0.2) is 0 Å². The fraction of sp³-hybridized carbons (Fsp3) is 0.650. The van der Waals surface area contributed by atoms with E-state index in [9.17, 15) is 30.3 Å². The Bertz CT molecular complexity index is 772. The normalized spacial score (nSPS) is 31.2. The van der Waals surface area contributed by atoms with Gasteiger partial charge < -0.3 is 44.8 Å². The molecule has 1 aromatic rings. The van der Waals surface area contributed by atoms with Gasteiger partial charge in [0.1, 0.15) is 42.0 Å². The van der Waals surface area contributed by atoms with Crippen LogP contribution in [0.15, 0.2) is 12.1 Å². The van der Waals surface area contributed by atoms with Crippen LogP contribution in [0.2, 0.25) is 0 Å². The molecule has 6 atom stereocenters. The summed E-state index contributed by atoms with van der Waals surface area (Å²) in [6.07, 6.45) is -7.65. The average molecular weight is 428 g/mol. The summed E-state index contributed by atoms with van der Waals surface area (Å²) in [6, 6.07) is 3.30. The van der Waals surface area contributed by atoms with Crippen molar-refractivity contribution in [3.05, 3.63) is 23.3 Å². The van der Waals surface area contributed by atoms with Crippen LogP contribution in [0.1, 0.15) is 31.4 Å². The van der Waals surface area contributed by atoms with E-state index in [1.807, 2.05) is 0 Å². The van der Waals surface area contributed by atoms with E-state index in [4.69, 9.17) is 19.3 Å². The monoisotopic (exact) mass is 428 g/mol. The lowest BCUT2D eigenvalue weighted by atomic mass is 9.95. The van der Waals surface area contributed by atoms with E-state index in [0.717, 1.165) is 0 Å². The molecule has 2 aliphatic rings. The van der Waals surface area contributed by atoms with Crippen LogP contribution in [-0.4, -0.2) is 85.6 Å². The van der Waals surface area contributed by atoms with Crippen molar-refractivity contribution >= 4 is 5.97 Å². The summed E-state index contributed by atoms with van der Waals surface area (Å²) in [6.45, 7) is 2.60. The van der Waals surface area contributed by atoms with Crippen LogP contribution >= 0.6 is 0 Å². The third-order valence-electron chi connectivity index (χ3n) is 5.44. The summed E-state index contributed by atoms with van der Waals surface area (Å²) in [4.78, 5) is 11.1. The highest BCUT2D eigenvalue weighted by Gasteiger charge is 2.46. The van der Waals surface area contributed by atoms with Crippen LogP contribution in [0.25, 0.3) is 0 Å². The van der Waals surface area contributed by atoms with Gasteiger partial charge in [-0.25, -0.2) is 0 Å². The lowest BCUT2D eigenvalue weighted by Crippen LogP contribution is -2.60. The summed E-state index contributed by atoms with van der Waals surface area (Å²) in [5, 5.41) is 59.1. The zero-order chi connectivity index (χ0) is 22.2. The Morgan fingerprint density at radius 3 is 2.50 bits per heavy atom. The number of rotatable bonds is 7. The fourth-order valence-electron chi connectivity index (χ4n) is 3.60. The topological polar surface area (TPSA) is 166 Å². The van der Waals surface area contributed by atoms with Gasteiger partial charge in [-0.05, 0) is 31.9 Å². The van der Waals surface area contributed by atoms with Gasteiger partial charge in [-0.2, -0.15) is 0 Å². The maximum Gasteiger partial charge on any atom is 0.303 e. The predicted octanol–water partition coefficient (Wildman–Crippen LogP) is -1.04. The Kier molecular flexibility index (Phi) is 6.56. The zero-order valence-corrected chi connectivity index (χ0v) is 16.8. The molecule has 30 heavy (non-hydrogen) atoms. The minimum Gasteiger partial charge on any atom is -0.487 e. The van der Waals surface area contributed by atoms with E-state index in [2.05, 4.69) is 0 Å². The molecule has 10 heteroatoms. The molecule has 0 bridgehead atoms. The number of carboxylic acid groups (broad SMARTS) is 1. The van der Waals surface area contributed by atoms with Gasteiger partial charge in [0.2, 0.25) is 6.29 Å². The van der Waals surface area contributed by atoms with Gasteiger partial charge in [0, 0.05) is 18.4 Å². The van der Waals surface area contributed by atoms with Crippen LogP contribution in [0.3, 0.4) is 0 Å². The van der Waals surface area contributed by atoms with Crippen molar-refractivity contribution in [1.29, 1.82) is 0 Å². The molecule has 0 amide bonds. The number of benzene rings is 1. The summed E-state index contributed by atoms with van der Waals surface area (Å²) in [5.41, 5.74) is -0.0595. The smallest absolute Gasteiger partial charge is 0.303 e. The van der Waals surface area contributed by atoms with Crippen molar-refractivity contribution in [3.63, 3.8) is 0 Å². The number of carboxylic acids is 1. The highest BCUT2D eigenvalue weighted by atomic mass is 16.7. The number of aliphatic hydroxyl groups is 5. The van der Waals surface area contributed by atoms with Crippen LogP contribution in [0, 0.1) is 0 Å². The Morgan fingerprint density at radius 2 is 1.90 bits per heavy atom. The molecule has 6 unspecified atom stereocenters. The van der Waals surface area contributed by atoms with Crippen LogP contribution in [0.4, 0.5) is 0 Å². The van der Waals surface area contributed by atoms with Crippen molar-refractivity contribution in [2.24, 2.45) is 0 Å². The first-order chi connectivity index (χ1) is 14.0. The minimum absolute atomic E-state index is 0.128. The quantitative estimate of drug-likeness (QED) is 0.316. The molecular formula is C20H28O10. The average Bonchev–Trinajstić information content (AvgIpc) is 3.12. The largest absolute Gasteiger partial charge is 0.487 e. The molecular weight excluding hydrogens is 400 g/mol.